The van der Waals surface area contributed by atoms with E-state index >= 15 is 0 Å². The van der Waals surface area contributed by atoms with Gasteiger partial charge < -0.3 is 10.1 Å². The van der Waals surface area contributed by atoms with E-state index in [1.54, 1.807) is 0 Å². The molecular weight excluding hydrogens is 174 g/mol. The molecule has 0 bridgehead atoms. The van der Waals surface area contributed by atoms with Crippen LogP contribution in [0.3, 0.4) is 0 Å². The molecule has 0 heterocycles. The van der Waals surface area contributed by atoms with Gasteiger partial charge in [0.25, 0.3) is 0 Å². The highest BCUT2D eigenvalue weighted by molar-refractivity contribution is 4.73. The summed E-state index contributed by atoms with van der Waals surface area (Å²) in [7, 11) is 0. The zero-order chi connectivity index (χ0) is 11.2. The predicted molar refractivity (Wildman–Crippen MR) is 62.7 cm³/mol. The third-order valence-corrected chi connectivity index (χ3v) is 2.32. The zero-order valence-electron chi connectivity index (χ0n) is 10.7. The normalized spacial score (nSPS) is 16.7. The molecule has 0 aliphatic heterocycles. The molecule has 0 aliphatic carbocycles. The largest absolute Gasteiger partial charge is 0.374 e. The fourth-order valence-electron chi connectivity index (χ4n) is 1.13. The van der Waals surface area contributed by atoms with Crippen LogP contribution in [0.1, 0.15) is 54.4 Å². The van der Waals surface area contributed by atoms with Crippen LogP contribution in [0.15, 0.2) is 0 Å². The third-order valence-electron chi connectivity index (χ3n) is 2.32. The summed E-state index contributed by atoms with van der Waals surface area (Å²) in [6.07, 6.45) is 2.89. The average molecular weight is 201 g/mol. The minimum atomic E-state index is 0.187. The zero-order valence-corrected chi connectivity index (χ0v) is 10.7. The van der Waals surface area contributed by atoms with Gasteiger partial charge in [-0.05, 0) is 40.5 Å². The molecule has 2 nitrogen and oxygen atoms in total. The van der Waals surface area contributed by atoms with Gasteiger partial charge in [0, 0.05) is 12.1 Å². The number of hydrogen-bond acceptors (Lipinski definition) is 2. The maximum absolute atomic E-state index is 5.88. The Balaban J connectivity index is 3.80. The molecule has 0 fully saturated rings. The Morgan fingerprint density at radius 2 is 1.71 bits per heavy atom. The predicted octanol–water partition coefficient (Wildman–Crippen LogP) is 2.97. The van der Waals surface area contributed by atoms with Gasteiger partial charge in [0.2, 0.25) is 0 Å². The van der Waals surface area contributed by atoms with Crippen LogP contribution >= 0.6 is 0 Å². The van der Waals surface area contributed by atoms with Crippen molar-refractivity contribution in [3.05, 3.63) is 0 Å². The molecule has 0 rings (SSSR count). The van der Waals surface area contributed by atoms with Crippen LogP contribution in [-0.2, 0) is 4.74 Å². The van der Waals surface area contributed by atoms with Crippen LogP contribution in [0.5, 0.6) is 0 Å². The van der Waals surface area contributed by atoms with Crippen LogP contribution in [0.25, 0.3) is 0 Å². The lowest BCUT2D eigenvalue weighted by atomic mass is 10.1. The molecule has 2 atom stereocenters. The van der Waals surface area contributed by atoms with E-state index in [2.05, 4.69) is 46.9 Å². The van der Waals surface area contributed by atoms with Crippen molar-refractivity contribution in [1.82, 2.24) is 5.32 Å². The minimum absolute atomic E-state index is 0.187. The molecule has 2 unspecified atom stereocenters. The van der Waals surface area contributed by atoms with Crippen LogP contribution in [0.4, 0.5) is 0 Å². The van der Waals surface area contributed by atoms with E-state index in [4.69, 9.17) is 4.74 Å². The second-order valence-corrected chi connectivity index (χ2v) is 5.02. The number of hydrogen-bond donors (Lipinski definition) is 1. The second kappa shape index (κ2) is 6.41. The first kappa shape index (κ1) is 13.9. The van der Waals surface area contributed by atoms with E-state index in [1.165, 1.54) is 0 Å². The highest BCUT2D eigenvalue weighted by atomic mass is 16.5. The summed E-state index contributed by atoms with van der Waals surface area (Å²) >= 11 is 0. The summed E-state index contributed by atoms with van der Waals surface area (Å²) < 4.78 is 5.88. The van der Waals surface area contributed by atoms with Gasteiger partial charge >= 0.3 is 0 Å². The number of ether oxygens (including phenoxy) is 1. The molecule has 1 N–H and O–H groups in total. The van der Waals surface area contributed by atoms with Gasteiger partial charge in [-0.2, -0.15) is 0 Å². The van der Waals surface area contributed by atoms with Crippen molar-refractivity contribution >= 4 is 0 Å². The number of nitrogens with one attached hydrogen (secondary N) is 1. The molecule has 0 saturated heterocycles. The van der Waals surface area contributed by atoms with Gasteiger partial charge in [0.15, 0.2) is 0 Å². The monoisotopic (exact) mass is 201 g/mol. The topological polar surface area (TPSA) is 21.3 Å². The molecule has 0 aromatic rings. The Bertz CT molecular complexity index is 140. The van der Waals surface area contributed by atoms with Gasteiger partial charge in [-0.1, -0.05) is 13.8 Å². The highest BCUT2D eigenvalue weighted by Crippen LogP contribution is 2.07. The lowest BCUT2D eigenvalue weighted by molar-refractivity contribution is -0.00738. The summed E-state index contributed by atoms with van der Waals surface area (Å²) in [5, 5.41) is 3.48. The van der Waals surface area contributed by atoms with E-state index in [1.807, 2.05) is 0 Å². The van der Waals surface area contributed by atoms with Crippen LogP contribution < -0.4 is 5.32 Å². The molecule has 0 radical (unpaired) electrons. The van der Waals surface area contributed by atoms with Gasteiger partial charge in [0.1, 0.15) is 0 Å². The molecule has 0 spiro atoms. The van der Waals surface area contributed by atoms with E-state index in [0.717, 1.165) is 19.4 Å². The van der Waals surface area contributed by atoms with Crippen molar-refractivity contribution in [2.75, 3.05) is 6.54 Å². The molecule has 0 aliphatic rings. The quantitative estimate of drug-likeness (QED) is 0.713. The Kier molecular flexibility index (Phi) is 6.38. The van der Waals surface area contributed by atoms with Gasteiger partial charge in [-0.25, -0.2) is 0 Å². The molecule has 0 saturated carbocycles. The molecule has 0 aromatic heterocycles. The SMILES string of the molecule is CCC(C)OC(CC)CNC(C)(C)C. The van der Waals surface area contributed by atoms with Crippen molar-refractivity contribution in [2.45, 2.75) is 72.1 Å². The maximum atomic E-state index is 5.88. The molecule has 0 aromatic carbocycles. The van der Waals surface area contributed by atoms with Crippen LogP contribution in [0, 0.1) is 0 Å². The van der Waals surface area contributed by atoms with Crippen molar-refractivity contribution in [1.29, 1.82) is 0 Å². The van der Waals surface area contributed by atoms with Crippen molar-refractivity contribution in [3.63, 3.8) is 0 Å². The summed E-state index contributed by atoms with van der Waals surface area (Å²) in [6.45, 7) is 14.0. The second-order valence-electron chi connectivity index (χ2n) is 5.02. The number of rotatable bonds is 6. The molecule has 2 heteroatoms. The van der Waals surface area contributed by atoms with Crippen LogP contribution in [-0.4, -0.2) is 24.3 Å². The third kappa shape index (κ3) is 7.34. The van der Waals surface area contributed by atoms with E-state index in [9.17, 15) is 0 Å². The first-order chi connectivity index (χ1) is 6.39. The van der Waals surface area contributed by atoms with E-state index in [0.29, 0.717) is 12.2 Å². The fourth-order valence-corrected chi connectivity index (χ4v) is 1.13. The van der Waals surface area contributed by atoms with Gasteiger partial charge in [0.05, 0.1) is 12.2 Å². The van der Waals surface area contributed by atoms with Crippen molar-refractivity contribution in [2.24, 2.45) is 0 Å². The Morgan fingerprint density at radius 3 is 2.07 bits per heavy atom. The minimum Gasteiger partial charge on any atom is -0.374 e. The van der Waals surface area contributed by atoms with Crippen molar-refractivity contribution < 1.29 is 4.74 Å². The fraction of sp³-hybridized carbons (Fsp3) is 1.00. The smallest absolute Gasteiger partial charge is 0.0700 e. The first-order valence-electron chi connectivity index (χ1n) is 5.79. The van der Waals surface area contributed by atoms with Gasteiger partial charge in [-0.15, -0.1) is 0 Å². The lowest BCUT2D eigenvalue weighted by Gasteiger charge is -2.26. The molecule has 86 valence electrons. The summed E-state index contributed by atoms with van der Waals surface area (Å²) in [5.41, 5.74) is 0.187. The summed E-state index contributed by atoms with van der Waals surface area (Å²) in [5.74, 6) is 0. The Hall–Kier alpha value is -0.0800. The molecular formula is C12H27NO. The lowest BCUT2D eigenvalue weighted by Crippen LogP contribution is -2.42. The highest BCUT2D eigenvalue weighted by Gasteiger charge is 2.14. The molecule has 0 amide bonds. The maximum Gasteiger partial charge on any atom is 0.0700 e. The van der Waals surface area contributed by atoms with E-state index in [-0.39, 0.29) is 5.54 Å². The molecule has 14 heavy (non-hydrogen) atoms. The van der Waals surface area contributed by atoms with Gasteiger partial charge in [-0.3, -0.25) is 0 Å². The average Bonchev–Trinajstić information content (AvgIpc) is 2.10. The Morgan fingerprint density at radius 1 is 1.14 bits per heavy atom. The van der Waals surface area contributed by atoms with Crippen molar-refractivity contribution in [3.8, 4) is 0 Å². The van der Waals surface area contributed by atoms with Crippen LogP contribution in [0.2, 0.25) is 0 Å². The standard InChI is InChI=1S/C12H27NO/c1-7-10(3)14-11(8-2)9-13-12(4,5)6/h10-11,13H,7-9H2,1-6H3. The summed E-state index contributed by atoms with van der Waals surface area (Å²) in [6, 6.07) is 0. The summed E-state index contributed by atoms with van der Waals surface area (Å²) in [4.78, 5) is 0. The van der Waals surface area contributed by atoms with E-state index < -0.39 is 0 Å². The first-order valence-corrected chi connectivity index (χ1v) is 5.79. The Labute approximate surface area is 89.4 Å².